The maximum atomic E-state index is 13.0. The lowest BCUT2D eigenvalue weighted by Gasteiger charge is -2.14. The van der Waals surface area contributed by atoms with Crippen LogP contribution in [-0.2, 0) is 17.7 Å². The Morgan fingerprint density at radius 2 is 0.883 bits per heavy atom. The average Bonchev–Trinajstić information content (AvgIpc) is 4.26. The smallest absolute Gasteiger partial charge is 0.358 e. The van der Waals surface area contributed by atoms with Crippen LogP contribution in [0, 0.1) is 50.2 Å². The Morgan fingerprint density at radius 3 is 1.22 bits per heavy atom. The molecule has 15 nitrogen and oxygen atoms in total. The fraction of sp³-hybridized carbons (Fsp3) is 0.389. The molecule has 0 radical (unpaired) electrons. The van der Waals surface area contributed by atoms with E-state index in [4.69, 9.17) is 10.5 Å². The van der Waals surface area contributed by atoms with Crippen LogP contribution in [0.1, 0.15) is 152 Å². The third kappa shape index (κ3) is 17.8. The number of ether oxygens (including phenoxy) is 1. The predicted molar refractivity (Wildman–Crippen MR) is 304 cm³/mol. The van der Waals surface area contributed by atoms with Crippen LogP contribution in [0.4, 0.5) is 8.78 Å². The number of nitrogens with two attached hydrogens (primary N) is 1. The normalized spacial score (nSPS) is 12.4. The van der Waals surface area contributed by atoms with E-state index in [2.05, 4.69) is 29.9 Å². The van der Waals surface area contributed by atoms with E-state index in [1.54, 1.807) is 56.7 Å². The first-order valence-corrected chi connectivity index (χ1v) is 29.3. The number of carbonyl (C=O) groups excluding carboxylic acids is 2. The van der Waals surface area contributed by atoms with Gasteiger partial charge in [-0.15, -0.1) is 68.0 Å². The van der Waals surface area contributed by atoms with Gasteiger partial charge in [0.25, 0.3) is 0 Å². The van der Waals surface area contributed by atoms with Crippen molar-refractivity contribution >= 4 is 85.7 Å². The van der Waals surface area contributed by atoms with E-state index in [0.717, 1.165) is 35.8 Å². The Morgan fingerprint density at radius 1 is 0.532 bits per heavy atom. The summed E-state index contributed by atoms with van der Waals surface area (Å²) in [6.45, 7) is 21.2. The zero-order valence-corrected chi connectivity index (χ0v) is 49.3. The second kappa shape index (κ2) is 28.9. The number of aliphatic hydroxyl groups excluding tert-OH is 3. The third-order valence-corrected chi connectivity index (χ3v) is 17.3. The lowest BCUT2D eigenvalue weighted by Crippen LogP contribution is -2.16. The molecule has 0 saturated heterocycles. The number of rotatable bonds is 17. The Balaban J connectivity index is 0.000000199. The lowest BCUT2D eigenvalue weighted by molar-refractivity contribution is 0.0361. The van der Waals surface area contributed by atoms with Crippen molar-refractivity contribution < 1.29 is 48.3 Å². The van der Waals surface area contributed by atoms with Crippen molar-refractivity contribution in [2.45, 2.75) is 120 Å². The molecule has 77 heavy (non-hydrogen) atoms. The van der Waals surface area contributed by atoms with Gasteiger partial charge in [0, 0.05) is 46.2 Å². The third-order valence-electron chi connectivity index (χ3n) is 10.8. The first-order chi connectivity index (χ1) is 36.4. The number of Topliss-reactive ketones (excluding diaryl/α,β-unsaturated/α-hetero) is 1. The summed E-state index contributed by atoms with van der Waals surface area (Å²) in [5.74, 6) is -2.36. The summed E-state index contributed by atoms with van der Waals surface area (Å²) in [6.07, 6.45) is 3.47. The van der Waals surface area contributed by atoms with Gasteiger partial charge in [0.1, 0.15) is 17.3 Å². The lowest BCUT2D eigenvalue weighted by atomic mass is 10.0. The van der Waals surface area contributed by atoms with Crippen LogP contribution in [0.25, 0.3) is 30.0 Å². The highest BCUT2D eigenvalue weighted by molar-refractivity contribution is 7.22. The molecule has 6 N–H and O–H groups in total. The molecule has 0 aliphatic rings. The first kappa shape index (κ1) is 62.4. The number of carboxylic acid groups (broad SMARTS) is 1. The molecule has 0 aliphatic carbocycles. The second-order valence-electron chi connectivity index (χ2n) is 18.7. The van der Waals surface area contributed by atoms with Crippen LogP contribution in [-0.4, -0.2) is 74.2 Å². The SMILES string of the molecule is Cc1cnc(-c2nc(C(=O)CCc3ccc(F)cc3)c(C(O)C(C)C)s2)s1.Cc1cnc(-c2nc(C(=O)O)c(C(O)C(C)C)s2)s1.Cc1cnc(-c2nc(C(=O)OC(C)C)c(C(O)C(C)C)s2)s1.NCc1ccc(F)cc1. The van der Waals surface area contributed by atoms with E-state index in [9.17, 15) is 43.6 Å². The molecule has 6 heterocycles. The quantitative estimate of drug-likeness (QED) is 0.0420. The number of carbonyl (C=O) groups is 3. The minimum Gasteiger partial charge on any atom is -0.476 e. The van der Waals surface area contributed by atoms with Crippen LogP contribution in [0.15, 0.2) is 67.1 Å². The van der Waals surface area contributed by atoms with Gasteiger partial charge in [-0.2, -0.15) is 0 Å². The van der Waals surface area contributed by atoms with Gasteiger partial charge >= 0.3 is 11.9 Å². The maximum absolute atomic E-state index is 13.0. The number of aryl methyl sites for hydroxylation is 4. The zero-order valence-electron chi connectivity index (χ0n) is 44.4. The van der Waals surface area contributed by atoms with Crippen molar-refractivity contribution in [1.29, 1.82) is 0 Å². The number of aliphatic hydroxyl groups is 3. The van der Waals surface area contributed by atoms with Crippen molar-refractivity contribution in [1.82, 2.24) is 29.9 Å². The minimum atomic E-state index is -1.12. The van der Waals surface area contributed by atoms with Gasteiger partial charge in [0.05, 0.1) is 39.0 Å². The molecule has 8 rings (SSSR count). The molecule has 23 heteroatoms. The van der Waals surface area contributed by atoms with E-state index >= 15 is 0 Å². The van der Waals surface area contributed by atoms with Crippen molar-refractivity contribution in [2.75, 3.05) is 0 Å². The number of ketones is 1. The molecule has 0 amide bonds. The Labute approximate surface area is 470 Å². The van der Waals surface area contributed by atoms with Gasteiger partial charge < -0.3 is 30.9 Å². The van der Waals surface area contributed by atoms with Crippen molar-refractivity contribution in [3.63, 3.8) is 0 Å². The molecule has 2 aromatic carbocycles. The molecule has 8 aromatic rings. The minimum absolute atomic E-state index is 0.0167. The van der Waals surface area contributed by atoms with E-state index in [1.807, 2.05) is 62.3 Å². The van der Waals surface area contributed by atoms with Crippen molar-refractivity contribution in [3.8, 4) is 30.0 Å². The van der Waals surface area contributed by atoms with Gasteiger partial charge in [-0.05, 0) is 94.2 Å². The highest BCUT2D eigenvalue weighted by Crippen LogP contribution is 2.40. The van der Waals surface area contributed by atoms with Crippen molar-refractivity contribution in [3.05, 3.63) is 136 Å². The fourth-order valence-electron chi connectivity index (χ4n) is 6.56. The van der Waals surface area contributed by atoms with Crippen LogP contribution in [0.3, 0.4) is 0 Å². The summed E-state index contributed by atoms with van der Waals surface area (Å²) in [7, 11) is 0. The van der Waals surface area contributed by atoms with Gasteiger partial charge in [0.2, 0.25) is 0 Å². The topological polar surface area (TPSA) is 245 Å². The van der Waals surface area contributed by atoms with Gasteiger partial charge in [-0.3, -0.25) is 4.79 Å². The number of hydrogen-bond acceptors (Lipinski definition) is 20. The van der Waals surface area contributed by atoms with Crippen LogP contribution in [0.5, 0.6) is 0 Å². The fourth-order valence-corrected chi connectivity index (χ4v) is 12.6. The molecule has 0 bridgehead atoms. The van der Waals surface area contributed by atoms with E-state index in [-0.39, 0.29) is 59.1 Å². The number of aromatic carboxylic acids is 1. The number of carboxylic acids is 1. The first-order valence-electron chi connectivity index (χ1n) is 24.4. The largest absolute Gasteiger partial charge is 0.476 e. The predicted octanol–water partition coefficient (Wildman–Crippen LogP) is 13.3. The summed E-state index contributed by atoms with van der Waals surface area (Å²) in [5.41, 5.74) is 7.57. The Bertz CT molecular complexity index is 3180. The van der Waals surface area contributed by atoms with E-state index in [1.165, 1.54) is 92.3 Å². The van der Waals surface area contributed by atoms with Crippen molar-refractivity contribution in [2.24, 2.45) is 23.5 Å². The number of benzene rings is 2. The maximum Gasteiger partial charge on any atom is 0.358 e. The standard InChI is InChI=1S/C20H21FN2O2S2.C15H20N2O3S2.C12H14N2O3S2.C7H8FN/c1-11(2)17(25)18-16(23-20(27-18)19-22-10-12(3)26-19)15(24)9-6-13-4-7-14(21)8-5-13;1-7(2)11(18)12-10(15(19)20-8(3)4)17-14(22-12)13-16-6-9(5)21-13;1-5(2)8(15)9-7(12(16)17)14-11(19-9)10-13-4-6(3)18-10;8-7-3-1-6(5-9)2-4-7/h4-5,7-8,10-11,17,25H,6,9H2,1-3H3;6-8,11,18H,1-5H3;4-5,8,15H,1-3H3,(H,16,17);1-4H,5,9H2. The summed E-state index contributed by atoms with van der Waals surface area (Å²) in [5, 5.41) is 44.2. The highest BCUT2D eigenvalue weighted by Gasteiger charge is 2.30. The molecule has 0 saturated carbocycles. The summed E-state index contributed by atoms with van der Waals surface area (Å²) >= 11 is 8.31. The molecule has 6 aromatic heterocycles. The van der Waals surface area contributed by atoms with Crippen LogP contribution >= 0.6 is 68.0 Å². The summed E-state index contributed by atoms with van der Waals surface area (Å²) in [6, 6.07) is 12.3. The Kier molecular flexibility index (Phi) is 23.4. The van der Waals surface area contributed by atoms with Gasteiger partial charge in [0.15, 0.2) is 47.2 Å². The van der Waals surface area contributed by atoms with E-state index < -0.39 is 30.3 Å². The monoisotopic (exact) mass is 1170 g/mol. The number of halogens is 2. The molecule has 0 aliphatic heterocycles. The molecule has 412 valence electrons. The molecular weight excluding hydrogens is 1110 g/mol. The number of nitrogens with zero attached hydrogens (tertiary/aromatic N) is 6. The molecule has 0 spiro atoms. The molecule has 3 unspecified atom stereocenters. The van der Waals surface area contributed by atoms with Gasteiger partial charge in [-0.1, -0.05) is 65.8 Å². The molecule has 3 atom stereocenters. The Hall–Kier alpha value is -5.47. The average molecular weight is 1170 g/mol. The number of esters is 1. The number of aromatic nitrogens is 6. The van der Waals surface area contributed by atoms with Gasteiger partial charge in [-0.25, -0.2) is 48.3 Å². The van der Waals surface area contributed by atoms with E-state index in [0.29, 0.717) is 53.3 Å². The summed E-state index contributed by atoms with van der Waals surface area (Å²) < 4.78 is 30.4. The number of thiazole rings is 6. The van der Waals surface area contributed by atoms with Crippen LogP contribution in [0.2, 0.25) is 0 Å². The zero-order chi connectivity index (χ0) is 56.8. The number of hydrogen-bond donors (Lipinski definition) is 5. The second-order valence-corrected chi connectivity index (χ2v) is 25.5. The van der Waals surface area contributed by atoms with Crippen LogP contribution < -0.4 is 5.73 Å². The highest BCUT2D eigenvalue weighted by atomic mass is 32.1. The molecular formula is C54H63F2N7O8S6. The molecule has 0 fully saturated rings. The summed E-state index contributed by atoms with van der Waals surface area (Å²) in [4.78, 5) is 66.8.